The number of rotatable bonds is 8. The van der Waals surface area contributed by atoms with Crippen molar-refractivity contribution >= 4 is 16.8 Å². The quantitative estimate of drug-likeness (QED) is 0.484. The third kappa shape index (κ3) is 5.57. The maximum Gasteiger partial charge on any atom is 0.337 e. The van der Waals surface area contributed by atoms with Gasteiger partial charge in [0.05, 0.1) is 5.71 Å². The van der Waals surface area contributed by atoms with Crippen molar-refractivity contribution in [3.8, 4) is 6.01 Å². The van der Waals surface area contributed by atoms with Crippen molar-refractivity contribution in [2.45, 2.75) is 77.1 Å². The van der Waals surface area contributed by atoms with Gasteiger partial charge in [-0.1, -0.05) is 30.8 Å². The molecule has 1 N–H and O–H groups in total. The van der Waals surface area contributed by atoms with Gasteiger partial charge < -0.3 is 9.25 Å². The zero-order chi connectivity index (χ0) is 22.0. The highest BCUT2D eigenvalue weighted by atomic mass is 19.3. The van der Waals surface area contributed by atoms with Crippen molar-refractivity contribution in [2.75, 3.05) is 0 Å². The SMILES string of the molecule is CC(F)(F)C1CCC(=NOc2nc3oc(=O)cc(CCCCC4CC4)c3c(=O)[nH]2)CC1. The Hall–Kier alpha value is -2.58. The predicted molar refractivity (Wildman–Crippen MR) is 112 cm³/mol. The van der Waals surface area contributed by atoms with E-state index < -0.39 is 23.0 Å². The van der Waals surface area contributed by atoms with Crippen LogP contribution in [0.15, 0.2) is 25.2 Å². The zero-order valence-corrected chi connectivity index (χ0v) is 17.6. The lowest BCUT2D eigenvalue weighted by atomic mass is 9.84. The van der Waals surface area contributed by atoms with Gasteiger partial charge in [0.2, 0.25) is 11.6 Å². The number of H-pyrrole nitrogens is 1. The molecule has 31 heavy (non-hydrogen) atoms. The second-order valence-corrected chi connectivity index (χ2v) is 8.81. The highest BCUT2D eigenvalue weighted by Crippen LogP contribution is 2.35. The summed E-state index contributed by atoms with van der Waals surface area (Å²) in [4.78, 5) is 36.4. The number of unbranched alkanes of at least 4 members (excludes halogenated alkanes) is 1. The first-order chi connectivity index (χ1) is 14.8. The summed E-state index contributed by atoms with van der Waals surface area (Å²) < 4.78 is 32.0. The normalized spacial score (nSPS) is 19.6. The predicted octanol–water partition coefficient (Wildman–Crippen LogP) is 4.58. The van der Waals surface area contributed by atoms with E-state index in [9.17, 15) is 18.4 Å². The van der Waals surface area contributed by atoms with Crippen LogP contribution in [0.2, 0.25) is 0 Å². The summed E-state index contributed by atoms with van der Waals surface area (Å²) >= 11 is 0. The molecule has 168 valence electrons. The highest BCUT2D eigenvalue weighted by Gasteiger charge is 2.36. The summed E-state index contributed by atoms with van der Waals surface area (Å²) in [5.74, 6) is -2.52. The summed E-state index contributed by atoms with van der Waals surface area (Å²) in [7, 11) is 0. The van der Waals surface area contributed by atoms with Crippen LogP contribution in [0.25, 0.3) is 11.1 Å². The van der Waals surface area contributed by atoms with Gasteiger partial charge in [0, 0.05) is 12.0 Å². The van der Waals surface area contributed by atoms with Crippen LogP contribution in [0.5, 0.6) is 6.01 Å². The molecule has 0 bridgehead atoms. The summed E-state index contributed by atoms with van der Waals surface area (Å²) in [6, 6.07) is 1.15. The fourth-order valence-electron chi connectivity index (χ4n) is 4.18. The van der Waals surface area contributed by atoms with Crippen LogP contribution in [-0.2, 0) is 6.42 Å². The Morgan fingerprint density at radius 2 is 1.97 bits per heavy atom. The fraction of sp³-hybridized carbons (Fsp3) is 0.636. The Balaban J connectivity index is 1.46. The van der Waals surface area contributed by atoms with Gasteiger partial charge in [-0.2, -0.15) is 4.98 Å². The maximum absolute atomic E-state index is 13.4. The van der Waals surface area contributed by atoms with Crippen molar-refractivity contribution in [3.63, 3.8) is 0 Å². The molecule has 2 saturated carbocycles. The molecule has 4 rings (SSSR count). The molecule has 0 amide bonds. The van der Waals surface area contributed by atoms with Crippen molar-refractivity contribution in [3.05, 3.63) is 32.4 Å². The largest absolute Gasteiger partial charge is 0.403 e. The Bertz CT molecular complexity index is 1070. The molecule has 2 heterocycles. The number of nitrogens with zero attached hydrogens (tertiary/aromatic N) is 2. The number of fused-ring (bicyclic) bond motifs is 1. The van der Waals surface area contributed by atoms with E-state index in [4.69, 9.17) is 9.25 Å². The molecular formula is C22H27F2N3O4. The minimum atomic E-state index is -2.70. The average molecular weight is 435 g/mol. The van der Waals surface area contributed by atoms with Gasteiger partial charge in [0.25, 0.3) is 5.56 Å². The topological polar surface area (TPSA) is 97.5 Å². The first-order valence-electron chi connectivity index (χ1n) is 11.0. The third-order valence-electron chi connectivity index (χ3n) is 6.22. The van der Waals surface area contributed by atoms with Gasteiger partial charge in [-0.3, -0.25) is 9.78 Å². The molecule has 0 radical (unpaired) electrons. The number of aromatic amines is 1. The van der Waals surface area contributed by atoms with E-state index in [2.05, 4.69) is 15.1 Å². The van der Waals surface area contributed by atoms with Crippen LogP contribution in [0.3, 0.4) is 0 Å². The minimum Gasteiger partial charge on any atom is -0.403 e. The zero-order valence-electron chi connectivity index (χ0n) is 17.6. The van der Waals surface area contributed by atoms with E-state index in [0.717, 1.165) is 25.7 Å². The van der Waals surface area contributed by atoms with Gasteiger partial charge in [-0.15, -0.1) is 0 Å². The van der Waals surface area contributed by atoms with Crippen molar-refractivity contribution in [1.29, 1.82) is 0 Å². The molecule has 2 fully saturated rings. The molecule has 9 heteroatoms. The average Bonchev–Trinajstić information content (AvgIpc) is 3.53. The first kappa shape index (κ1) is 21.6. The second kappa shape index (κ2) is 8.88. The van der Waals surface area contributed by atoms with Crippen LogP contribution in [0.1, 0.15) is 70.3 Å². The van der Waals surface area contributed by atoms with Crippen LogP contribution in [-0.4, -0.2) is 21.6 Å². The number of aryl methyl sites for hydroxylation is 1. The molecule has 0 aliphatic heterocycles. The minimum absolute atomic E-state index is 0.0852. The standard InChI is InChI=1S/C22H27F2N3O4/c1-22(23,24)15-8-10-16(11-9-15)27-31-21-25-19(29)18-14(5-3-2-4-13-6-7-13)12-17(28)30-20(18)26-21/h12-13,15H,2-11H2,1H3,(H,25,26,29). The molecule has 2 aromatic rings. The summed E-state index contributed by atoms with van der Waals surface area (Å²) in [6.07, 6.45) is 7.78. The summed E-state index contributed by atoms with van der Waals surface area (Å²) in [6.45, 7) is 0.940. The third-order valence-corrected chi connectivity index (χ3v) is 6.22. The highest BCUT2D eigenvalue weighted by molar-refractivity contribution is 5.84. The molecular weight excluding hydrogens is 408 g/mol. The van der Waals surface area contributed by atoms with Crippen LogP contribution < -0.4 is 16.0 Å². The Morgan fingerprint density at radius 1 is 1.23 bits per heavy atom. The smallest absolute Gasteiger partial charge is 0.337 e. The Labute approximate surface area is 177 Å². The number of halogens is 2. The lowest BCUT2D eigenvalue weighted by molar-refractivity contribution is -0.0468. The van der Waals surface area contributed by atoms with E-state index in [1.807, 2.05) is 0 Å². The lowest BCUT2D eigenvalue weighted by Gasteiger charge is -2.27. The fourth-order valence-corrected chi connectivity index (χ4v) is 4.18. The monoisotopic (exact) mass is 435 g/mol. The van der Waals surface area contributed by atoms with E-state index in [1.54, 1.807) is 0 Å². The second-order valence-electron chi connectivity index (χ2n) is 8.81. The molecule has 2 aliphatic carbocycles. The molecule has 0 unspecified atom stereocenters. The molecule has 2 aromatic heterocycles. The maximum atomic E-state index is 13.4. The van der Waals surface area contributed by atoms with Gasteiger partial charge >= 0.3 is 11.6 Å². The van der Waals surface area contributed by atoms with Crippen molar-refractivity contribution in [2.24, 2.45) is 17.0 Å². The van der Waals surface area contributed by atoms with Gasteiger partial charge in [0.15, 0.2) is 0 Å². The van der Waals surface area contributed by atoms with Gasteiger partial charge in [-0.05, 0) is 56.9 Å². The summed E-state index contributed by atoms with van der Waals surface area (Å²) in [5.41, 5.74) is 0.133. The van der Waals surface area contributed by atoms with E-state index in [1.165, 1.54) is 25.3 Å². The van der Waals surface area contributed by atoms with Crippen molar-refractivity contribution in [1.82, 2.24) is 9.97 Å². The van der Waals surface area contributed by atoms with E-state index in [0.29, 0.717) is 43.4 Å². The summed E-state index contributed by atoms with van der Waals surface area (Å²) in [5, 5.41) is 4.21. The Morgan fingerprint density at radius 3 is 2.65 bits per heavy atom. The van der Waals surface area contributed by atoms with Crippen LogP contribution in [0, 0.1) is 11.8 Å². The molecule has 0 spiro atoms. The molecule has 0 atom stereocenters. The lowest BCUT2D eigenvalue weighted by Crippen LogP contribution is -2.29. The molecule has 0 saturated heterocycles. The number of nitrogens with one attached hydrogen (secondary N) is 1. The number of aromatic nitrogens is 2. The molecule has 7 nitrogen and oxygen atoms in total. The van der Waals surface area contributed by atoms with E-state index >= 15 is 0 Å². The Kier molecular flexibility index (Phi) is 6.20. The van der Waals surface area contributed by atoms with Crippen LogP contribution >= 0.6 is 0 Å². The van der Waals surface area contributed by atoms with Gasteiger partial charge in [0.1, 0.15) is 5.39 Å². The van der Waals surface area contributed by atoms with E-state index in [-0.39, 0.29) is 17.1 Å². The molecule has 0 aromatic carbocycles. The number of alkyl halides is 2. The van der Waals surface area contributed by atoms with Gasteiger partial charge in [-0.25, -0.2) is 13.6 Å². The number of oxime groups is 1. The van der Waals surface area contributed by atoms with Crippen molar-refractivity contribution < 1.29 is 18.0 Å². The molecule has 2 aliphatic rings. The first-order valence-corrected chi connectivity index (χ1v) is 11.0. The number of hydrogen-bond acceptors (Lipinski definition) is 6. The van der Waals surface area contributed by atoms with Crippen LogP contribution in [0.4, 0.5) is 8.78 Å². The number of hydrogen-bond donors (Lipinski definition) is 1.